The minimum absolute atomic E-state index is 0.0425. The third kappa shape index (κ3) is 2.82. The Labute approximate surface area is 127 Å². The average molecular weight is 304 g/mol. The Morgan fingerprint density at radius 3 is 2.29 bits per heavy atom. The minimum atomic E-state index is -1.93. The molecule has 0 N–H and O–H groups in total. The van der Waals surface area contributed by atoms with Gasteiger partial charge in [-0.2, -0.15) is 0 Å². The third-order valence-corrected chi connectivity index (χ3v) is 9.18. The maximum Gasteiger partial charge on any atom is 0.250 e. The molecule has 0 bridgehead atoms. The van der Waals surface area contributed by atoms with Gasteiger partial charge in [-0.05, 0) is 42.8 Å². The molecule has 21 heavy (non-hydrogen) atoms. The van der Waals surface area contributed by atoms with Gasteiger partial charge < -0.3 is 4.43 Å². The van der Waals surface area contributed by atoms with Crippen LogP contribution in [0, 0.1) is 5.92 Å². The molecule has 0 aliphatic heterocycles. The lowest BCUT2D eigenvalue weighted by atomic mass is 9.80. The van der Waals surface area contributed by atoms with Crippen LogP contribution in [0.3, 0.4) is 0 Å². The Balaban J connectivity index is 2.28. The van der Waals surface area contributed by atoms with E-state index in [-0.39, 0.29) is 22.5 Å². The molecule has 0 aromatic heterocycles. The van der Waals surface area contributed by atoms with Gasteiger partial charge in [-0.1, -0.05) is 27.7 Å². The Hall–Kier alpha value is -1.42. The quantitative estimate of drug-likeness (QED) is 0.573. The number of rotatable bonds is 2. The van der Waals surface area contributed by atoms with Gasteiger partial charge in [0, 0.05) is 17.1 Å². The van der Waals surface area contributed by atoms with E-state index in [1.54, 1.807) is 0 Å². The SMILES string of the molecule is C[C@H]1C(O[Si](C)(C)C(C)(C)C)=CCC2=C1C(=O)C=CC2=O. The van der Waals surface area contributed by atoms with Crippen molar-refractivity contribution in [2.45, 2.75) is 52.2 Å². The van der Waals surface area contributed by atoms with Crippen LogP contribution in [0.25, 0.3) is 0 Å². The van der Waals surface area contributed by atoms with Gasteiger partial charge in [0.15, 0.2) is 11.6 Å². The molecule has 0 unspecified atom stereocenters. The van der Waals surface area contributed by atoms with Crippen LogP contribution in [0.2, 0.25) is 18.1 Å². The highest BCUT2D eigenvalue weighted by atomic mass is 28.4. The smallest absolute Gasteiger partial charge is 0.250 e. The number of hydrogen-bond acceptors (Lipinski definition) is 3. The van der Waals surface area contributed by atoms with Gasteiger partial charge in [-0.15, -0.1) is 0 Å². The Bertz CT molecular complexity index is 586. The fraction of sp³-hybridized carbons (Fsp3) is 0.529. The molecule has 4 heteroatoms. The second-order valence-corrected chi connectivity index (χ2v) is 12.1. The molecule has 0 aromatic rings. The summed E-state index contributed by atoms with van der Waals surface area (Å²) in [4.78, 5) is 24.0. The first-order valence-electron chi connectivity index (χ1n) is 7.43. The van der Waals surface area contributed by atoms with Crippen LogP contribution in [0.4, 0.5) is 0 Å². The molecule has 0 saturated carbocycles. The van der Waals surface area contributed by atoms with Crippen molar-refractivity contribution in [3.8, 4) is 0 Å². The van der Waals surface area contributed by atoms with Crippen molar-refractivity contribution >= 4 is 19.9 Å². The summed E-state index contributed by atoms with van der Waals surface area (Å²) >= 11 is 0. The molecule has 2 aliphatic carbocycles. The number of carbonyl (C=O) groups excluding carboxylic acids is 2. The van der Waals surface area contributed by atoms with Crippen LogP contribution in [0.1, 0.15) is 34.1 Å². The van der Waals surface area contributed by atoms with Crippen molar-refractivity contribution in [1.29, 1.82) is 0 Å². The predicted molar refractivity (Wildman–Crippen MR) is 86.3 cm³/mol. The van der Waals surface area contributed by atoms with Crippen molar-refractivity contribution in [3.63, 3.8) is 0 Å². The zero-order valence-corrected chi connectivity index (χ0v) is 14.7. The van der Waals surface area contributed by atoms with Gasteiger partial charge in [-0.25, -0.2) is 0 Å². The van der Waals surface area contributed by atoms with E-state index in [9.17, 15) is 9.59 Å². The molecular formula is C17H24O3Si. The summed E-state index contributed by atoms with van der Waals surface area (Å²) in [6.45, 7) is 12.9. The summed E-state index contributed by atoms with van der Waals surface area (Å²) in [6, 6.07) is 0. The first-order valence-corrected chi connectivity index (χ1v) is 10.3. The lowest BCUT2D eigenvalue weighted by Crippen LogP contribution is -2.42. The molecule has 0 aromatic carbocycles. The van der Waals surface area contributed by atoms with Gasteiger partial charge in [0.05, 0.1) is 5.76 Å². The molecular weight excluding hydrogens is 280 g/mol. The molecule has 2 aliphatic rings. The van der Waals surface area contributed by atoms with Crippen LogP contribution >= 0.6 is 0 Å². The molecule has 0 saturated heterocycles. The monoisotopic (exact) mass is 304 g/mol. The third-order valence-electron chi connectivity index (χ3n) is 4.82. The van der Waals surface area contributed by atoms with Gasteiger partial charge in [0.25, 0.3) is 0 Å². The fourth-order valence-electron chi connectivity index (χ4n) is 2.41. The van der Waals surface area contributed by atoms with Crippen LogP contribution in [0.15, 0.2) is 35.1 Å². The van der Waals surface area contributed by atoms with E-state index in [2.05, 4.69) is 33.9 Å². The maximum absolute atomic E-state index is 12.1. The lowest BCUT2D eigenvalue weighted by Gasteiger charge is -2.40. The van der Waals surface area contributed by atoms with E-state index in [0.29, 0.717) is 17.6 Å². The first kappa shape index (κ1) is 16.0. The van der Waals surface area contributed by atoms with Crippen LogP contribution in [-0.2, 0) is 14.0 Å². The zero-order valence-electron chi connectivity index (χ0n) is 13.7. The van der Waals surface area contributed by atoms with Crippen molar-refractivity contribution < 1.29 is 14.0 Å². The molecule has 114 valence electrons. The highest BCUT2D eigenvalue weighted by Gasteiger charge is 2.41. The second-order valence-electron chi connectivity index (χ2n) is 7.35. The summed E-state index contributed by atoms with van der Waals surface area (Å²) in [5, 5.41) is 0.106. The highest BCUT2D eigenvalue weighted by Crippen LogP contribution is 2.42. The molecule has 0 heterocycles. The largest absolute Gasteiger partial charge is 0.546 e. The van der Waals surface area contributed by atoms with E-state index < -0.39 is 8.32 Å². The summed E-state index contributed by atoms with van der Waals surface area (Å²) in [5.41, 5.74) is 1.26. The molecule has 1 atom stereocenters. The van der Waals surface area contributed by atoms with Crippen molar-refractivity contribution in [2.75, 3.05) is 0 Å². The van der Waals surface area contributed by atoms with Crippen LogP contribution in [-0.4, -0.2) is 19.9 Å². The Kier molecular flexibility index (Phi) is 3.87. The van der Waals surface area contributed by atoms with Gasteiger partial charge in [0.2, 0.25) is 8.32 Å². The van der Waals surface area contributed by atoms with Gasteiger partial charge in [0.1, 0.15) is 0 Å². The lowest BCUT2D eigenvalue weighted by molar-refractivity contribution is -0.115. The van der Waals surface area contributed by atoms with Gasteiger partial charge >= 0.3 is 0 Å². The fourth-order valence-corrected chi connectivity index (χ4v) is 3.56. The highest BCUT2D eigenvalue weighted by molar-refractivity contribution is 6.74. The van der Waals surface area contributed by atoms with Crippen LogP contribution in [0.5, 0.6) is 0 Å². The normalized spacial score (nSPS) is 23.1. The van der Waals surface area contributed by atoms with E-state index >= 15 is 0 Å². The number of ketones is 2. The van der Waals surface area contributed by atoms with Crippen LogP contribution < -0.4 is 0 Å². The molecule has 0 radical (unpaired) electrons. The topological polar surface area (TPSA) is 43.4 Å². The van der Waals surface area contributed by atoms with E-state index in [1.165, 1.54) is 12.2 Å². The van der Waals surface area contributed by atoms with Crippen molar-refractivity contribution in [1.82, 2.24) is 0 Å². The van der Waals surface area contributed by atoms with Gasteiger partial charge in [-0.3, -0.25) is 9.59 Å². The predicted octanol–water partition coefficient (Wildman–Crippen LogP) is 3.94. The Morgan fingerprint density at radius 1 is 1.14 bits per heavy atom. The summed E-state index contributed by atoms with van der Waals surface area (Å²) < 4.78 is 6.37. The summed E-state index contributed by atoms with van der Waals surface area (Å²) in [7, 11) is -1.93. The average Bonchev–Trinajstić information content (AvgIpc) is 2.35. The number of carbonyl (C=O) groups is 2. The van der Waals surface area contributed by atoms with E-state index in [0.717, 1.165) is 5.76 Å². The molecule has 0 amide bonds. The molecule has 0 spiro atoms. The van der Waals surface area contributed by atoms with Crippen molar-refractivity contribution in [2.24, 2.45) is 5.92 Å². The summed E-state index contributed by atoms with van der Waals surface area (Å²) in [5.74, 6) is 0.627. The number of allylic oxidation sites excluding steroid dienone is 5. The molecule has 2 rings (SSSR count). The zero-order chi connectivity index (χ0) is 16.0. The molecule has 3 nitrogen and oxygen atoms in total. The summed E-state index contributed by atoms with van der Waals surface area (Å²) in [6.07, 6.45) is 5.24. The standard InChI is InChI=1S/C17H24O3Si/c1-11-15(20-21(5,6)17(2,3)4)10-7-12-13(18)8-9-14(19)16(11)12/h8-11H,7H2,1-6H3/t11-/m0/s1. The number of hydrogen-bond donors (Lipinski definition) is 0. The van der Waals surface area contributed by atoms with E-state index in [4.69, 9.17) is 4.43 Å². The maximum atomic E-state index is 12.1. The minimum Gasteiger partial charge on any atom is -0.546 e. The Morgan fingerprint density at radius 2 is 1.71 bits per heavy atom. The molecule has 0 fully saturated rings. The van der Waals surface area contributed by atoms with Crippen molar-refractivity contribution in [3.05, 3.63) is 35.1 Å². The second kappa shape index (κ2) is 5.09. The first-order chi connectivity index (χ1) is 9.54. The van der Waals surface area contributed by atoms with E-state index in [1.807, 2.05) is 13.0 Å².